The first-order chi connectivity index (χ1) is 5.29. The number of hydrogen-bond donors (Lipinski definition) is 1. The maximum atomic E-state index is 3.66. The van der Waals surface area contributed by atoms with Crippen molar-refractivity contribution in [1.29, 1.82) is 0 Å². The highest BCUT2D eigenvalue weighted by molar-refractivity contribution is 4.87. The van der Waals surface area contributed by atoms with Crippen LogP contribution in [0.3, 0.4) is 0 Å². The molecule has 2 saturated carbocycles. The van der Waals surface area contributed by atoms with Crippen LogP contribution in [-0.4, -0.2) is 12.6 Å². The van der Waals surface area contributed by atoms with Crippen molar-refractivity contribution in [3.05, 3.63) is 0 Å². The minimum Gasteiger partial charge on any atom is -0.313 e. The van der Waals surface area contributed by atoms with Crippen LogP contribution in [0, 0.1) is 5.41 Å². The van der Waals surface area contributed by atoms with Crippen LogP contribution in [-0.2, 0) is 0 Å². The van der Waals surface area contributed by atoms with E-state index in [2.05, 4.69) is 12.2 Å². The molecule has 2 rings (SSSR count). The van der Waals surface area contributed by atoms with E-state index in [1.807, 2.05) is 0 Å². The lowest BCUT2D eigenvalue weighted by molar-refractivity contribution is 0.141. The van der Waals surface area contributed by atoms with E-state index in [1.54, 1.807) is 0 Å². The molecule has 0 unspecified atom stereocenters. The van der Waals surface area contributed by atoms with Gasteiger partial charge in [0.15, 0.2) is 0 Å². The highest BCUT2D eigenvalue weighted by atomic mass is 14.9. The molecule has 11 heavy (non-hydrogen) atoms. The van der Waals surface area contributed by atoms with Crippen LogP contribution in [0.2, 0.25) is 0 Å². The molecule has 0 aliphatic heterocycles. The fourth-order valence-electron chi connectivity index (χ4n) is 1.96. The Bertz CT molecular complexity index is 134. The molecule has 1 heteroatoms. The van der Waals surface area contributed by atoms with Crippen LogP contribution >= 0.6 is 0 Å². The summed E-state index contributed by atoms with van der Waals surface area (Å²) >= 11 is 0. The number of hydrogen-bond acceptors (Lipinski definition) is 1. The van der Waals surface area contributed by atoms with Gasteiger partial charge in [0, 0.05) is 12.6 Å². The molecular weight excluding hydrogens is 134 g/mol. The van der Waals surface area contributed by atoms with Gasteiger partial charge < -0.3 is 5.32 Å². The lowest BCUT2D eigenvalue weighted by atomic mass is 9.70. The fourth-order valence-corrected chi connectivity index (χ4v) is 1.96. The Morgan fingerprint density at radius 3 is 2.36 bits per heavy atom. The standard InChI is InChI=1S/C10H19N/c1-10(6-3-7-10)8-11-9-4-2-5-9/h9,11H,2-8H2,1H3. The van der Waals surface area contributed by atoms with Crippen LogP contribution in [0.5, 0.6) is 0 Å². The Kier molecular flexibility index (Phi) is 1.92. The zero-order chi connectivity index (χ0) is 7.73. The molecule has 0 aromatic heterocycles. The topological polar surface area (TPSA) is 12.0 Å². The molecule has 0 spiro atoms. The van der Waals surface area contributed by atoms with Gasteiger partial charge in [-0.2, -0.15) is 0 Å². The minimum atomic E-state index is 0.676. The molecule has 0 atom stereocenters. The van der Waals surface area contributed by atoms with E-state index in [1.165, 1.54) is 45.1 Å². The van der Waals surface area contributed by atoms with Gasteiger partial charge in [-0.15, -0.1) is 0 Å². The van der Waals surface area contributed by atoms with Crippen LogP contribution in [0.4, 0.5) is 0 Å². The predicted octanol–water partition coefficient (Wildman–Crippen LogP) is 2.32. The summed E-state index contributed by atoms with van der Waals surface area (Å²) in [6.07, 6.45) is 8.67. The van der Waals surface area contributed by atoms with Gasteiger partial charge >= 0.3 is 0 Å². The van der Waals surface area contributed by atoms with Crippen LogP contribution in [0.25, 0.3) is 0 Å². The summed E-state index contributed by atoms with van der Waals surface area (Å²) in [4.78, 5) is 0. The molecular formula is C10H19N. The first kappa shape index (κ1) is 7.60. The van der Waals surface area contributed by atoms with Crippen LogP contribution in [0.1, 0.15) is 45.4 Å². The van der Waals surface area contributed by atoms with Gasteiger partial charge in [-0.25, -0.2) is 0 Å². The lowest BCUT2D eigenvalue weighted by Crippen LogP contribution is -2.44. The third-order valence-corrected chi connectivity index (χ3v) is 3.48. The van der Waals surface area contributed by atoms with Gasteiger partial charge in [0.25, 0.3) is 0 Å². The number of rotatable bonds is 3. The van der Waals surface area contributed by atoms with Gasteiger partial charge in [0.1, 0.15) is 0 Å². The van der Waals surface area contributed by atoms with E-state index in [9.17, 15) is 0 Å². The summed E-state index contributed by atoms with van der Waals surface area (Å²) in [5.74, 6) is 0. The Balaban J connectivity index is 1.64. The second kappa shape index (κ2) is 2.78. The molecule has 0 heterocycles. The van der Waals surface area contributed by atoms with Gasteiger partial charge in [-0.05, 0) is 31.1 Å². The average molecular weight is 153 g/mol. The Hall–Kier alpha value is -0.0400. The molecule has 1 N–H and O–H groups in total. The largest absolute Gasteiger partial charge is 0.313 e. The minimum absolute atomic E-state index is 0.676. The molecule has 0 bridgehead atoms. The molecule has 2 aliphatic rings. The molecule has 0 aromatic rings. The maximum Gasteiger partial charge on any atom is 0.00673 e. The highest BCUT2D eigenvalue weighted by Crippen LogP contribution is 2.39. The van der Waals surface area contributed by atoms with Crippen molar-refractivity contribution in [3.8, 4) is 0 Å². The molecule has 2 aliphatic carbocycles. The van der Waals surface area contributed by atoms with E-state index in [4.69, 9.17) is 0 Å². The van der Waals surface area contributed by atoms with Crippen molar-refractivity contribution < 1.29 is 0 Å². The zero-order valence-electron chi connectivity index (χ0n) is 7.53. The molecule has 64 valence electrons. The van der Waals surface area contributed by atoms with Crippen molar-refractivity contribution in [3.63, 3.8) is 0 Å². The summed E-state index contributed by atoms with van der Waals surface area (Å²) in [7, 11) is 0. The van der Waals surface area contributed by atoms with Crippen LogP contribution < -0.4 is 5.32 Å². The highest BCUT2D eigenvalue weighted by Gasteiger charge is 2.32. The summed E-state index contributed by atoms with van der Waals surface area (Å²) in [5, 5.41) is 3.66. The van der Waals surface area contributed by atoms with Crippen molar-refractivity contribution in [2.24, 2.45) is 5.41 Å². The summed E-state index contributed by atoms with van der Waals surface area (Å²) in [5.41, 5.74) is 0.676. The summed E-state index contributed by atoms with van der Waals surface area (Å²) in [6, 6.07) is 0.882. The Morgan fingerprint density at radius 2 is 2.00 bits per heavy atom. The van der Waals surface area contributed by atoms with E-state index in [0.717, 1.165) is 6.04 Å². The van der Waals surface area contributed by atoms with E-state index in [-0.39, 0.29) is 0 Å². The lowest BCUT2D eigenvalue weighted by Gasteiger charge is -2.41. The second-order valence-electron chi connectivity index (χ2n) is 4.67. The smallest absolute Gasteiger partial charge is 0.00673 e. The Morgan fingerprint density at radius 1 is 1.27 bits per heavy atom. The maximum absolute atomic E-state index is 3.66. The van der Waals surface area contributed by atoms with Crippen molar-refractivity contribution in [2.45, 2.75) is 51.5 Å². The van der Waals surface area contributed by atoms with Gasteiger partial charge in [-0.1, -0.05) is 19.8 Å². The molecule has 0 amide bonds. The third kappa shape index (κ3) is 1.58. The molecule has 0 saturated heterocycles. The molecule has 2 fully saturated rings. The monoisotopic (exact) mass is 153 g/mol. The summed E-state index contributed by atoms with van der Waals surface area (Å²) in [6.45, 7) is 3.69. The quantitative estimate of drug-likeness (QED) is 0.656. The molecule has 0 aromatic carbocycles. The normalized spacial score (nSPS) is 29.2. The van der Waals surface area contributed by atoms with Crippen molar-refractivity contribution in [2.75, 3.05) is 6.54 Å². The van der Waals surface area contributed by atoms with Crippen molar-refractivity contribution >= 4 is 0 Å². The van der Waals surface area contributed by atoms with Crippen LogP contribution in [0.15, 0.2) is 0 Å². The fraction of sp³-hybridized carbons (Fsp3) is 1.00. The van der Waals surface area contributed by atoms with Gasteiger partial charge in [-0.3, -0.25) is 0 Å². The van der Waals surface area contributed by atoms with Crippen molar-refractivity contribution in [1.82, 2.24) is 5.32 Å². The summed E-state index contributed by atoms with van der Waals surface area (Å²) < 4.78 is 0. The second-order valence-corrected chi connectivity index (χ2v) is 4.67. The number of nitrogens with one attached hydrogen (secondary N) is 1. The van der Waals surface area contributed by atoms with Gasteiger partial charge in [0.05, 0.1) is 0 Å². The van der Waals surface area contributed by atoms with E-state index >= 15 is 0 Å². The SMILES string of the molecule is CC1(CNC2CCC2)CCC1. The zero-order valence-corrected chi connectivity index (χ0v) is 7.53. The van der Waals surface area contributed by atoms with Gasteiger partial charge in [0.2, 0.25) is 0 Å². The van der Waals surface area contributed by atoms with E-state index in [0.29, 0.717) is 5.41 Å². The first-order valence-corrected chi connectivity index (χ1v) is 5.02. The molecule has 0 radical (unpaired) electrons. The predicted molar refractivity (Wildman–Crippen MR) is 47.6 cm³/mol. The van der Waals surface area contributed by atoms with E-state index < -0.39 is 0 Å². The third-order valence-electron chi connectivity index (χ3n) is 3.48. The first-order valence-electron chi connectivity index (χ1n) is 5.02. The molecule has 1 nitrogen and oxygen atoms in total. The average Bonchev–Trinajstić information content (AvgIpc) is 1.81. The Labute approximate surface area is 69.6 Å².